The Kier molecular flexibility index (Phi) is 13.5. The highest BCUT2D eigenvalue weighted by Crippen LogP contribution is 2.22. The Morgan fingerprint density at radius 1 is 0.673 bits per heavy atom. The third kappa shape index (κ3) is 11.0. The van der Waals surface area contributed by atoms with Gasteiger partial charge in [0.25, 0.3) is 0 Å². The van der Waals surface area contributed by atoms with Crippen LogP contribution in [-0.4, -0.2) is 72.8 Å². The fourth-order valence-corrected chi connectivity index (χ4v) is 5.63. The lowest BCUT2D eigenvalue weighted by Gasteiger charge is -2.34. The molecule has 4 aromatic carbocycles. The predicted octanol–water partition coefficient (Wildman–Crippen LogP) is 6.10. The lowest BCUT2D eigenvalue weighted by molar-refractivity contribution is -0.146. The first-order valence-corrected chi connectivity index (χ1v) is 17.0. The standard InChI is InChI=1S/C42H50N4O3/c1-42(2,43-3)28-15-22-39(47)45(4)38(31-34-23-25-36(26-24-34)35-20-13-8-14-21-35)41(49)46(5)37(30-33-18-11-7-12-19-33)40(48)44-29-27-32-16-9-6-10-17-32/h6-26,37-38,43H,27-31H2,1-5H3,(H,44,48)/b22-15+/t37-,38-/m1/s1. The molecule has 0 aromatic heterocycles. The third-order valence-electron chi connectivity index (χ3n) is 9.10. The summed E-state index contributed by atoms with van der Waals surface area (Å²) in [6, 6.07) is 36.3. The average Bonchev–Trinajstić information content (AvgIpc) is 3.13. The van der Waals surface area contributed by atoms with E-state index in [-0.39, 0.29) is 23.3 Å². The van der Waals surface area contributed by atoms with Gasteiger partial charge < -0.3 is 20.4 Å². The van der Waals surface area contributed by atoms with Gasteiger partial charge >= 0.3 is 0 Å². The molecule has 7 nitrogen and oxygen atoms in total. The highest BCUT2D eigenvalue weighted by atomic mass is 16.2. The molecule has 0 aliphatic rings. The molecule has 7 heteroatoms. The Balaban J connectivity index is 1.59. The summed E-state index contributed by atoms with van der Waals surface area (Å²) < 4.78 is 0. The maximum absolute atomic E-state index is 14.5. The van der Waals surface area contributed by atoms with Gasteiger partial charge in [-0.3, -0.25) is 14.4 Å². The van der Waals surface area contributed by atoms with E-state index < -0.39 is 12.1 Å². The van der Waals surface area contributed by atoms with Crippen LogP contribution in [0.15, 0.2) is 127 Å². The first-order valence-electron chi connectivity index (χ1n) is 17.0. The van der Waals surface area contributed by atoms with Crippen LogP contribution in [0.3, 0.4) is 0 Å². The lowest BCUT2D eigenvalue weighted by atomic mass is 9.98. The van der Waals surface area contributed by atoms with E-state index in [4.69, 9.17) is 0 Å². The largest absolute Gasteiger partial charge is 0.354 e. The molecular weight excluding hydrogens is 608 g/mol. The van der Waals surface area contributed by atoms with Gasteiger partial charge in [0.2, 0.25) is 17.7 Å². The number of hydrogen-bond acceptors (Lipinski definition) is 4. The molecule has 0 saturated carbocycles. The van der Waals surface area contributed by atoms with Gasteiger partial charge in [0.05, 0.1) is 0 Å². The molecule has 4 rings (SSSR count). The molecule has 49 heavy (non-hydrogen) atoms. The molecule has 0 radical (unpaired) electrons. The summed E-state index contributed by atoms with van der Waals surface area (Å²) in [5, 5.41) is 6.31. The van der Waals surface area contributed by atoms with Crippen molar-refractivity contribution in [3.05, 3.63) is 144 Å². The van der Waals surface area contributed by atoms with Crippen LogP contribution in [0.1, 0.15) is 37.0 Å². The number of nitrogens with zero attached hydrogens (tertiary/aromatic N) is 2. The zero-order valence-corrected chi connectivity index (χ0v) is 29.4. The highest BCUT2D eigenvalue weighted by Gasteiger charge is 2.34. The SMILES string of the molecule is CNC(C)(C)C/C=C/C(=O)N(C)[C@H](Cc1ccc(-c2ccccc2)cc1)C(=O)N(C)[C@H](Cc1ccccc1)C(=O)NCCc1ccccc1. The number of amides is 3. The highest BCUT2D eigenvalue weighted by molar-refractivity contribution is 5.95. The maximum Gasteiger partial charge on any atom is 0.246 e. The van der Waals surface area contributed by atoms with Crippen molar-refractivity contribution in [1.29, 1.82) is 0 Å². The van der Waals surface area contributed by atoms with Crippen LogP contribution in [0.4, 0.5) is 0 Å². The lowest BCUT2D eigenvalue weighted by Crippen LogP contribution is -2.56. The molecule has 3 amide bonds. The number of rotatable bonds is 16. The van der Waals surface area contributed by atoms with Gasteiger partial charge in [0.15, 0.2) is 0 Å². The number of hydrogen-bond donors (Lipinski definition) is 2. The van der Waals surface area contributed by atoms with E-state index in [0.717, 1.165) is 27.8 Å². The molecule has 0 unspecified atom stereocenters. The Labute approximate surface area is 292 Å². The van der Waals surface area contributed by atoms with Crippen LogP contribution in [-0.2, 0) is 33.6 Å². The summed E-state index contributed by atoms with van der Waals surface area (Å²) in [5.74, 6) is -0.803. The maximum atomic E-state index is 14.5. The van der Waals surface area contributed by atoms with E-state index in [9.17, 15) is 14.4 Å². The Bertz CT molecular complexity index is 1650. The molecule has 0 bridgehead atoms. The van der Waals surface area contributed by atoms with E-state index in [2.05, 4.69) is 36.6 Å². The minimum absolute atomic E-state index is 0.177. The summed E-state index contributed by atoms with van der Waals surface area (Å²) in [5.41, 5.74) is 4.97. The molecule has 0 saturated heterocycles. The van der Waals surface area contributed by atoms with Crippen molar-refractivity contribution in [2.75, 3.05) is 27.7 Å². The summed E-state index contributed by atoms with van der Waals surface area (Å²) in [6.07, 6.45) is 5.34. The molecule has 2 N–H and O–H groups in total. The number of likely N-dealkylation sites (N-methyl/N-ethyl adjacent to an activating group) is 2. The number of carbonyl (C=O) groups is 3. The minimum atomic E-state index is -0.836. The second kappa shape index (κ2) is 17.9. The first-order chi connectivity index (χ1) is 23.6. The van der Waals surface area contributed by atoms with Crippen molar-refractivity contribution >= 4 is 17.7 Å². The Morgan fingerprint density at radius 2 is 1.18 bits per heavy atom. The van der Waals surface area contributed by atoms with E-state index in [0.29, 0.717) is 32.2 Å². The van der Waals surface area contributed by atoms with Gasteiger partial charge in [-0.15, -0.1) is 0 Å². The molecule has 0 aliphatic carbocycles. The minimum Gasteiger partial charge on any atom is -0.354 e. The second-order valence-electron chi connectivity index (χ2n) is 13.2. The van der Waals surface area contributed by atoms with Crippen molar-refractivity contribution in [3.8, 4) is 11.1 Å². The Hall–Kier alpha value is -5.01. The summed E-state index contributed by atoms with van der Waals surface area (Å²) >= 11 is 0. The zero-order valence-electron chi connectivity index (χ0n) is 29.4. The molecule has 256 valence electrons. The fraction of sp³-hybridized carbons (Fsp3) is 0.310. The van der Waals surface area contributed by atoms with Gasteiger partial charge in [-0.05, 0) is 67.6 Å². The smallest absolute Gasteiger partial charge is 0.246 e. The van der Waals surface area contributed by atoms with Crippen LogP contribution >= 0.6 is 0 Å². The van der Waals surface area contributed by atoms with Crippen LogP contribution in [0.25, 0.3) is 11.1 Å². The molecule has 0 spiro atoms. The number of benzene rings is 4. The number of nitrogens with one attached hydrogen (secondary N) is 2. The van der Waals surface area contributed by atoms with E-state index in [1.54, 1.807) is 14.1 Å². The number of carbonyl (C=O) groups excluding carboxylic acids is 3. The van der Waals surface area contributed by atoms with Gasteiger partial charge in [-0.2, -0.15) is 0 Å². The topological polar surface area (TPSA) is 81.8 Å². The fourth-order valence-electron chi connectivity index (χ4n) is 5.63. The van der Waals surface area contributed by atoms with Crippen molar-refractivity contribution < 1.29 is 14.4 Å². The van der Waals surface area contributed by atoms with Crippen molar-refractivity contribution in [1.82, 2.24) is 20.4 Å². The molecule has 0 fully saturated rings. The van der Waals surface area contributed by atoms with Crippen molar-refractivity contribution in [3.63, 3.8) is 0 Å². The molecule has 0 aliphatic heterocycles. The van der Waals surface area contributed by atoms with Gasteiger partial charge in [0, 0.05) is 39.0 Å². The van der Waals surface area contributed by atoms with Crippen LogP contribution < -0.4 is 10.6 Å². The first kappa shape index (κ1) is 36.8. The normalized spacial score (nSPS) is 12.7. The van der Waals surface area contributed by atoms with Gasteiger partial charge in [-0.1, -0.05) is 121 Å². The van der Waals surface area contributed by atoms with E-state index in [1.807, 2.05) is 116 Å². The summed E-state index contributed by atoms with van der Waals surface area (Å²) in [7, 11) is 5.22. The average molecular weight is 659 g/mol. The van der Waals surface area contributed by atoms with Crippen LogP contribution in [0.5, 0.6) is 0 Å². The predicted molar refractivity (Wildman–Crippen MR) is 199 cm³/mol. The molecule has 4 aromatic rings. The van der Waals surface area contributed by atoms with Crippen LogP contribution in [0, 0.1) is 0 Å². The monoisotopic (exact) mass is 658 g/mol. The van der Waals surface area contributed by atoms with E-state index >= 15 is 0 Å². The molecule has 2 atom stereocenters. The van der Waals surface area contributed by atoms with E-state index in [1.165, 1.54) is 15.9 Å². The van der Waals surface area contributed by atoms with Gasteiger partial charge in [0.1, 0.15) is 12.1 Å². The Morgan fingerprint density at radius 3 is 1.78 bits per heavy atom. The quantitative estimate of drug-likeness (QED) is 0.143. The molecule has 0 heterocycles. The second-order valence-corrected chi connectivity index (χ2v) is 13.2. The van der Waals surface area contributed by atoms with Crippen molar-refractivity contribution in [2.24, 2.45) is 0 Å². The van der Waals surface area contributed by atoms with Crippen LogP contribution in [0.2, 0.25) is 0 Å². The third-order valence-corrected chi connectivity index (χ3v) is 9.10. The zero-order chi connectivity index (χ0) is 35.2. The summed E-state index contributed by atoms with van der Waals surface area (Å²) in [6.45, 7) is 4.56. The summed E-state index contributed by atoms with van der Waals surface area (Å²) in [4.78, 5) is 44.9. The molecular formula is C42H50N4O3. The van der Waals surface area contributed by atoms with Gasteiger partial charge in [-0.25, -0.2) is 0 Å². The van der Waals surface area contributed by atoms with Crippen molar-refractivity contribution in [2.45, 2.75) is 57.2 Å².